The van der Waals surface area contributed by atoms with Gasteiger partial charge in [0.1, 0.15) is 11.6 Å². The topological polar surface area (TPSA) is 123 Å². The van der Waals surface area contributed by atoms with Crippen molar-refractivity contribution in [1.82, 2.24) is 9.55 Å². The van der Waals surface area contributed by atoms with Gasteiger partial charge in [0.05, 0.1) is 25.6 Å². The Morgan fingerprint density at radius 2 is 1.72 bits per heavy atom. The molecule has 3 N–H and O–H groups in total. The summed E-state index contributed by atoms with van der Waals surface area (Å²) in [6, 6.07) is 14.2. The zero-order valence-corrected chi connectivity index (χ0v) is 17.6. The molecule has 0 atom stereocenters. The third kappa shape index (κ3) is 6.81. The molecule has 1 heterocycles. The minimum Gasteiger partial charge on any atom is -0.496 e. The Kier molecular flexibility index (Phi) is 9.18. The largest absolute Gasteiger partial charge is 0.496 e. The molecule has 3 rings (SSSR count). The van der Waals surface area contributed by atoms with Crippen LogP contribution in [0.2, 0.25) is 0 Å². The van der Waals surface area contributed by atoms with Crippen LogP contribution in [0.5, 0.6) is 5.75 Å². The fourth-order valence-electron chi connectivity index (χ4n) is 2.80. The van der Waals surface area contributed by atoms with Gasteiger partial charge in [-0.2, -0.15) is 0 Å². The number of carboxylic acids is 2. The molecule has 0 bridgehead atoms. The highest BCUT2D eigenvalue weighted by atomic mass is 19.1. The van der Waals surface area contributed by atoms with Crippen LogP contribution in [0.25, 0.3) is 11.3 Å². The Morgan fingerprint density at radius 1 is 1.06 bits per heavy atom. The predicted molar refractivity (Wildman–Crippen MR) is 115 cm³/mol. The second-order valence-corrected chi connectivity index (χ2v) is 6.39. The summed E-state index contributed by atoms with van der Waals surface area (Å²) in [7, 11) is 3.32. The maximum absolute atomic E-state index is 13.2. The van der Waals surface area contributed by atoms with Crippen molar-refractivity contribution in [3.05, 3.63) is 66.1 Å². The van der Waals surface area contributed by atoms with E-state index in [1.165, 1.54) is 12.1 Å². The van der Waals surface area contributed by atoms with Crippen molar-refractivity contribution in [3.8, 4) is 17.0 Å². The summed E-state index contributed by atoms with van der Waals surface area (Å²) in [5.74, 6) is -2.35. The molecule has 3 aromatic rings. The number of para-hydroxylation sites is 1. The number of rotatable bonds is 8. The fraction of sp³-hybridized carbons (Fsp3) is 0.227. The predicted octanol–water partition coefficient (Wildman–Crippen LogP) is 3.11. The minimum absolute atomic E-state index is 0.258. The number of methoxy groups -OCH3 is 2. The van der Waals surface area contributed by atoms with Crippen molar-refractivity contribution < 1.29 is 33.7 Å². The lowest BCUT2D eigenvalue weighted by atomic mass is 10.1. The molecule has 10 heteroatoms. The molecule has 0 unspecified atom stereocenters. The molecule has 9 nitrogen and oxygen atoms in total. The van der Waals surface area contributed by atoms with Crippen molar-refractivity contribution in [3.63, 3.8) is 0 Å². The summed E-state index contributed by atoms with van der Waals surface area (Å²) in [5.41, 5.74) is 2.85. The standard InChI is InChI=1S/C20H22FN3O2.C2H2O4/c1-25-12-11-24-18(15-7-9-17(21)10-8-15)14-23-20(24)22-13-16-5-3-4-6-19(16)26-2;3-1(4)2(5)6/h3-10,14H,11-13H2,1-2H3,(H,22,23);(H,3,4)(H,5,6). The highest BCUT2D eigenvalue weighted by Gasteiger charge is 2.12. The summed E-state index contributed by atoms with van der Waals surface area (Å²) in [4.78, 5) is 22.7. The van der Waals surface area contributed by atoms with Crippen LogP contribution in [0.15, 0.2) is 54.7 Å². The van der Waals surface area contributed by atoms with E-state index in [1.54, 1.807) is 32.5 Å². The van der Waals surface area contributed by atoms with Crippen LogP contribution in [0, 0.1) is 5.82 Å². The van der Waals surface area contributed by atoms with E-state index in [-0.39, 0.29) is 5.82 Å². The van der Waals surface area contributed by atoms with Crippen molar-refractivity contribution in [2.75, 3.05) is 26.1 Å². The van der Waals surface area contributed by atoms with Crippen molar-refractivity contribution in [1.29, 1.82) is 0 Å². The molecular formula is C22H24FN3O6. The first-order valence-corrected chi connectivity index (χ1v) is 9.49. The van der Waals surface area contributed by atoms with E-state index in [4.69, 9.17) is 29.3 Å². The number of hydrogen-bond donors (Lipinski definition) is 3. The van der Waals surface area contributed by atoms with Gasteiger partial charge < -0.3 is 29.6 Å². The number of nitrogens with one attached hydrogen (secondary N) is 1. The summed E-state index contributed by atoms with van der Waals surface area (Å²) >= 11 is 0. The van der Waals surface area contributed by atoms with Crippen molar-refractivity contribution in [2.24, 2.45) is 0 Å². The molecule has 0 spiro atoms. The summed E-state index contributed by atoms with van der Waals surface area (Å²) < 4.78 is 25.9. The van der Waals surface area contributed by atoms with Crippen LogP contribution >= 0.6 is 0 Å². The van der Waals surface area contributed by atoms with E-state index in [0.717, 1.165) is 28.5 Å². The highest BCUT2D eigenvalue weighted by molar-refractivity contribution is 6.27. The van der Waals surface area contributed by atoms with E-state index in [9.17, 15) is 4.39 Å². The normalized spacial score (nSPS) is 10.1. The molecule has 2 aromatic carbocycles. The van der Waals surface area contributed by atoms with Gasteiger partial charge in [0.15, 0.2) is 0 Å². The van der Waals surface area contributed by atoms with Crippen LogP contribution in [-0.2, 0) is 27.4 Å². The van der Waals surface area contributed by atoms with Gasteiger partial charge in [0.25, 0.3) is 0 Å². The summed E-state index contributed by atoms with van der Waals surface area (Å²) in [6.45, 7) is 1.77. The van der Waals surface area contributed by atoms with Crippen LogP contribution in [-0.4, -0.2) is 52.5 Å². The molecule has 170 valence electrons. The lowest BCUT2D eigenvalue weighted by molar-refractivity contribution is -0.159. The molecule has 0 saturated heterocycles. The number of hydrogen-bond acceptors (Lipinski definition) is 6. The monoisotopic (exact) mass is 445 g/mol. The number of halogens is 1. The smallest absolute Gasteiger partial charge is 0.414 e. The molecule has 0 fully saturated rings. The third-order valence-electron chi connectivity index (χ3n) is 4.33. The SMILES string of the molecule is COCCn1c(-c2ccc(F)cc2)cnc1NCc1ccccc1OC.O=C(O)C(=O)O. The lowest BCUT2D eigenvalue weighted by Gasteiger charge is -2.14. The van der Waals surface area contributed by atoms with E-state index < -0.39 is 11.9 Å². The number of carboxylic acid groups (broad SMARTS) is 2. The van der Waals surface area contributed by atoms with Gasteiger partial charge >= 0.3 is 11.9 Å². The van der Waals surface area contributed by atoms with Crippen molar-refractivity contribution in [2.45, 2.75) is 13.1 Å². The molecule has 0 radical (unpaired) electrons. The molecule has 0 aliphatic heterocycles. The Hall–Kier alpha value is -3.92. The number of aliphatic carboxylic acids is 2. The number of carbonyl (C=O) groups is 2. The quantitative estimate of drug-likeness (QED) is 0.452. The van der Waals surface area contributed by atoms with Crippen molar-refractivity contribution >= 4 is 17.9 Å². The first kappa shape index (κ1) is 24.4. The molecule has 32 heavy (non-hydrogen) atoms. The summed E-state index contributed by atoms with van der Waals surface area (Å²) in [6.07, 6.45) is 1.79. The maximum atomic E-state index is 13.2. The number of nitrogens with zero attached hydrogens (tertiary/aromatic N) is 2. The van der Waals surface area contributed by atoms with Gasteiger partial charge in [0, 0.05) is 31.3 Å². The molecule has 0 saturated carbocycles. The molecule has 0 aliphatic rings. The molecular weight excluding hydrogens is 421 g/mol. The van der Waals surface area contributed by atoms with Gasteiger partial charge in [-0.05, 0) is 30.3 Å². The Balaban J connectivity index is 0.000000534. The Labute approximate surface area is 184 Å². The Morgan fingerprint density at radius 3 is 2.31 bits per heavy atom. The number of benzene rings is 2. The Bertz CT molecular complexity index is 1020. The van der Waals surface area contributed by atoms with E-state index in [1.807, 2.05) is 28.8 Å². The number of ether oxygens (including phenoxy) is 2. The van der Waals surface area contributed by atoms with Crippen LogP contribution in [0.1, 0.15) is 5.56 Å². The summed E-state index contributed by atoms with van der Waals surface area (Å²) in [5, 5.41) is 18.1. The number of imidazole rings is 1. The van der Waals surface area contributed by atoms with E-state index in [0.29, 0.717) is 19.7 Å². The first-order valence-electron chi connectivity index (χ1n) is 9.49. The minimum atomic E-state index is -1.82. The van der Waals surface area contributed by atoms with E-state index in [2.05, 4.69) is 10.3 Å². The average molecular weight is 445 g/mol. The second-order valence-electron chi connectivity index (χ2n) is 6.39. The van der Waals surface area contributed by atoms with Gasteiger partial charge in [0.2, 0.25) is 5.95 Å². The third-order valence-corrected chi connectivity index (χ3v) is 4.33. The van der Waals surface area contributed by atoms with Crippen LogP contribution < -0.4 is 10.1 Å². The van der Waals surface area contributed by atoms with Gasteiger partial charge in [-0.15, -0.1) is 0 Å². The molecule has 1 aromatic heterocycles. The van der Waals surface area contributed by atoms with Crippen LogP contribution in [0.4, 0.5) is 10.3 Å². The fourth-order valence-corrected chi connectivity index (χ4v) is 2.80. The maximum Gasteiger partial charge on any atom is 0.414 e. The molecule has 0 aliphatic carbocycles. The zero-order chi connectivity index (χ0) is 23.5. The first-order chi connectivity index (χ1) is 15.4. The number of anilines is 1. The van der Waals surface area contributed by atoms with Gasteiger partial charge in [-0.1, -0.05) is 18.2 Å². The number of aromatic nitrogens is 2. The zero-order valence-electron chi connectivity index (χ0n) is 17.6. The molecule has 0 amide bonds. The van der Waals surface area contributed by atoms with Gasteiger partial charge in [-0.25, -0.2) is 19.0 Å². The average Bonchev–Trinajstić information content (AvgIpc) is 3.19. The van der Waals surface area contributed by atoms with Gasteiger partial charge in [-0.3, -0.25) is 0 Å². The highest BCUT2D eigenvalue weighted by Crippen LogP contribution is 2.25. The lowest BCUT2D eigenvalue weighted by Crippen LogP contribution is -2.12. The van der Waals surface area contributed by atoms with Crippen LogP contribution in [0.3, 0.4) is 0 Å². The second kappa shape index (κ2) is 12.1. The van der Waals surface area contributed by atoms with E-state index >= 15 is 0 Å².